The molecule has 1 aromatic carbocycles. The molecular formula is C15H25N3O2S. The molecule has 0 radical (unpaired) electrons. The fourth-order valence-electron chi connectivity index (χ4n) is 2.71. The Morgan fingerprint density at radius 2 is 2.19 bits per heavy atom. The van der Waals surface area contributed by atoms with E-state index >= 15 is 0 Å². The quantitative estimate of drug-likeness (QED) is 0.798. The van der Waals surface area contributed by atoms with Gasteiger partial charge in [-0.3, -0.25) is 0 Å². The molecule has 1 aliphatic heterocycles. The number of hydrogen-bond donors (Lipinski definition) is 2. The summed E-state index contributed by atoms with van der Waals surface area (Å²) in [5, 5.41) is 8.57. The maximum Gasteiger partial charge on any atom is 0.210 e. The van der Waals surface area contributed by atoms with Crippen molar-refractivity contribution in [2.45, 2.75) is 32.7 Å². The van der Waals surface area contributed by atoms with Crippen molar-refractivity contribution in [3.8, 4) is 0 Å². The molecule has 1 aliphatic rings. The normalized spacial score (nSPS) is 16.0. The molecule has 1 aromatic rings. The number of primary sulfonamides is 1. The van der Waals surface area contributed by atoms with Crippen molar-refractivity contribution in [1.82, 2.24) is 5.32 Å². The predicted octanol–water partition coefficient (Wildman–Crippen LogP) is 1.40. The number of fused-ring (bicyclic) bond motifs is 1. The molecule has 0 fully saturated rings. The third-order valence-corrected chi connectivity index (χ3v) is 4.69. The lowest BCUT2D eigenvalue weighted by Crippen LogP contribution is -2.30. The molecule has 21 heavy (non-hydrogen) atoms. The van der Waals surface area contributed by atoms with E-state index in [0.29, 0.717) is 12.6 Å². The first-order valence-electron chi connectivity index (χ1n) is 7.52. The second-order valence-corrected chi connectivity index (χ2v) is 7.40. The zero-order valence-electron chi connectivity index (χ0n) is 12.8. The first-order chi connectivity index (χ1) is 9.90. The number of hydrogen-bond acceptors (Lipinski definition) is 4. The minimum absolute atomic E-state index is 0.00263. The van der Waals surface area contributed by atoms with Gasteiger partial charge in [0, 0.05) is 24.8 Å². The van der Waals surface area contributed by atoms with Gasteiger partial charge in [-0.05, 0) is 43.5 Å². The van der Waals surface area contributed by atoms with E-state index in [1.807, 2.05) is 0 Å². The van der Waals surface area contributed by atoms with Crippen LogP contribution in [0.5, 0.6) is 0 Å². The van der Waals surface area contributed by atoms with Crippen LogP contribution in [0.3, 0.4) is 0 Å². The summed E-state index contributed by atoms with van der Waals surface area (Å²) in [7, 11) is -3.40. The molecular weight excluding hydrogens is 286 g/mol. The van der Waals surface area contributed by atoms with E-state index in [4.69, 9.17) is 5.14 Å². The number of nitrogens with zero attached hydrogens (tertiary/aromatic N) is 1. The summed E-state index contributed by atoms with van der Waals surface area (Å²) in [5.74, 6) is 0.00263. The first-order valence-corrected chi connectivity index (χ1v) is 9.24. The van der Waals surface area contributed by atoms with Crippen molar-refractivity contribution in [2.24, 2.45) is 5.14 Å². The van der Waals surface area contributed by atoms with Crippen LogP contribution < -0.4 is 15.4 Å². The molecule has 118 valence electrons. The zero-order valence-corrected chi connectivity index (χ0v) is 13.6. The Balaban J connectivity index is 2.06. The Bertz CT molecular complexity index is 587. The summed E-state index contributed by atoms with van der Waals surface area (Å²) < 4.78 is 22.2. The van der Waals surface area contributed by atoms with Crippen LogP contribution in [0.1, 0.15) is 37.4 Å². The van der Waals surface area contributed by atoms with Crippen LogP contribution in [0, 0.1) is 0 Å². The summed E-state index contributed by atoms with van der Waals surface area (Å²) in [5.41, 5.74) is 3.73. The predicted molar refractivity (Wildman–Crippen MR) is 87.0 cm³/mol. The van der Waals surface area contributed by atoms with Crippen LogP contribution >= 0.6 is 0 Å². The minimum Gasteiger partial charge on any atom is -0.370 e. The molecule has 0 saturated heterocycles. The average molecular weight is 311 g/mol. The van der Waals surface area contributed by atoms with E-state index < -0.39 is 10.0 Å². The minimum atomic E-state index is -3.40. The Hall–Kier alpha value is -1.11. The third kappa shape index (κ3) is 4.43. The maximum atomic E-state index is 11.1. The maximum absolute atomic E-state index is 11.1. The molecule has 0 spiro atoms. The highest BCUT2D eigenvalue weighted by Gasteiger charge is 2.21. The Morgan fingerprint density at radius 3 is 2.86 bits per heavy atom. The van der Waals surface area contributed by atoms with Crippen LogP contribution in [0.2, 0.25) is 0 Å². The Kier molecular flexibility index (Phi) is 5.24. The third-order valence-electron chi connectivity index (χ3n) is 3.94. The van der Waals surface area contributed by atoms with Crippen molar-refractivity contribution in [3.05, 3.63) is 29.3 Å². The van der Waals surface area contributed by atoms with Crippen LogP contribution in [-0.2, 0) is 16.4 Å². The van der Waals surface area contributed by atoms with E-state index in [1.54, 1.807) is 0 Å². The largest absolute Gasteiger partial charge is 0.370 e. The summed E-state index contributed by atoms with van der Waals surface area (Å²) in [6.45, 7) is 6.68. The Morgan fingerprint density at radius 1 is 1.43 bits per heavy atom. The number of benzene rings is 1. The molecule has 3 N–H and O–H groups in total. The van der Waals surface area contributed by atoms with Gasteiger partial charge in [-0.1, -0.05) is 19.1 Å². The number of nitrogens with two attached hydrogens (primary N) is 1. The van der Waals surface area contributed by atoms with Gasteiger partial charge in [0.15, 0.2) is 0 Å². The molecule has 0 aromatic heterocycles. The molecule has 2 rings (SSSR count). The average Bonchev–Trinajstić information content (AvgIpc) is 2.84. The highest BCUT2D eigenvalue weighted by Crippen LogP contribution is 2.30. The summed E-state index contributed by atoms with van der Waals surface area (Å²) in [6.07, 6.45) is 2.09. The molecule has 0 saturated carbocycles. The zero-order chi connectivity index (χ0) is 15.5. The highest BCUT2D eigenvalue weighted by molar-refractivity contribution is 7.89. The monoisotopic (exact) mass is 311 g/mol. The van der Waals surface area contributed by atoms with Gasteiger partial charge < -0.3 is 10.2 Å². The summed E-state index contributed by atoms with van der Waals surface area (Å²) >= 11 is 0. The second kappa shape index (κ2) is 6.77. The fraction of sp³-hybridized carbons (Fsp3) is 0.600. The lowest BCUT2D eigenvalue weighted by molar-refractivity contribution is 0.570. The molecule has 1 unspecified atom stereocenters. The first kappa shape index (κ1) is 16.3. The fourth-order valence-corrected chi connectivity index (χ4v) is 3.18. The van der Waals surface area contributed by atoms with E-state index in [-0.39, 0.29) is 5.75 Å². The summed E-state index contributed by atoms with van der Waals surface area (Å²) in [4.78, 5) is 2.10. The standard InChI is InChI=1S/C15H25N3O2S/c1-3-7-17-12(2)13-4-5-15-14(11-13)6-8-18(15)9-10-21(16,19)20/h4-5,11-12,17H,3,6-10H2,1-2H3,(H2,16,19,20). The van der Waals surface area contributed by atoms with Crippen molar-refractivity contribution < 1.29 is 8.42 Å². The molecule has 0 aliphatic carbocycles. The van der Waals surface area contributed by atoms with Crippen LogP contribution in [0.25, 0.3) is 0 Å². The van der Waals surface area contributed by atoms with E-state index in [1.165, 1.54) is 11.1 Å². The highest BCUT2D eigenvalue weighted by atomic mass is 32.2. The number of sulfonamides is 1. The van der Waals surface area contributed by atoms with Gasteiger partial charge in [0.1, 0.15) is 0 Å². The van der Waals surface area contributed by atoms with Crippen molar-refractivity contribution in [3.63, 3.8) is 0 Å². The second-order valence-electron chi connectivity index (χ2n) is 5.67. The van der Waals surface area contributed by atoms with E-state index in [0.717, 1.165) is 31.6 Å². The van der Waals surface area contributed by atoms with Crippen LogP contribution in [-0.4, -0.2) is 33.8 Å². The molecule has 0 amide bonds. The molecule has 6 heteroatoms. The number of rotatable bonds is 7. The van der Waals surface area contributed by atoms with Crippen LogP contribution in [0.4, 0.5) is 5.69 Å². The van der Waals surface area contributed by atoms with Crippen molar-refractivity contribution in [1.29, 1.82) is 0 Å². The molecule has 1 heterocycles. The van der Waals surface area contributed by atoms with Gasteiger partial charge in [-0.15, -0.1) is 0 Å². The van der Waals surface area contributed by atoms with Crippen LogP contribution in [0.15, 0.2) is 18.2 Å². The smallest absolute Gasteiger partial charge is 0.210 e. The van der Waals surface area contributed by atoms with Gasteiger partial charge in [0.05, 0.1) is 5.75 Å². The molecule has 0 bridgehead atoms. The van der Waals surface area contributed by atoms with E-state index in [2.05, 4.69) is 42.3 Å². The summed E-state index contributed by atoms with van der Waals surface area (Å²) in [6, 6.07) is 6.81. The van der Waals surface area contributed by atoms with Gasteiger partial charge in [0.25, 0.3) is 0 Å². The SMILES string of the molecule is CCCNC(C)c1ccc2c(c1)CCN2CCS(N)(=O)=O. The lowest BCUT2D eigenvalue weighted by Gasteiger charge is -2.20. The Labute approximate surface area is 127 Å². The molecule has 1 atom stereocenters. The lowest BCUT2D eigenvalue weighted by atomic mass is 10.0. The number of anilines is 1. The topological polar surface area (TPSA) is 75.4 Å². The van der Waals surface area contributed by atoms with Crippen molar-refractivity contribution >= 4 is 15.7 Å². The van der Waals surface area contributed by atoms with Gasteiger partial charge in [-0.25, -0.2) is 13.6 Å². The van der Waals surface area contributed by atoms with E-state index in [9.17, 15) is 8.42 Å². The van der Waals surface area contributed by atoms with Crippen molar-refractivity contribution in [2.75, 3.05) is 30.3 Å². The molecule has 5 nitrogen and oxygen atoms in total. The van der Waals surface area contributed by atoms with Gasteiger partial charge in [-0.2, -0.15) is 0 Å². The van der Waals surface area contributed by atoms with Gasteiger partial charge in [0.2, 0.25) is 10.0 Å². The number of nitrogens with one attached hydrogen (secondary N) is 1. The van der Waals surface area contributed by atoms with Gasteiger partial charge >= 0.3 is 0 Å².